The highest BCUT2D eigenvalue weighted by Crippen LogP contribution is 2.19. The molecule has 0 aliphatic heterocycles. The lowest BCUT2D eigenvalue weighted by Gasteiger charge is -2.04. The summed E-state index contributed by atoms with van der Waals surface area (Å²) in [4.78, 5) is 21.3. The number of nitro groups is 1. The second-order valence-corrected chi connectivity index (χ2v) is 3.00. The monoisotopic (exact) mass is 221 g/mol. The summed E-state index contributed by atoms with van der Waals surface area (Å²) in [6.45, 7) is 1.70. The molecule has 0 spiro atoms. The number of nitro benzene ring substituents is 1. The van der Waals surface area contributed by atoms with E-state index >= 15 is 0 Å². The van der Waals surface area contributed by atoms with Gasteiger partial charge in [0.25, 0.3) is 5.69 Å². The van der Waals surface area contributed by atoms with Gasteiger partial charge in [0.05, 0.1) is 17.6 Å². The summed E-state index contributed by atoms with van der Waals surface area (Å²) in [5.74, 6) is -0.462. The van der Waals surface area contributed by atoms with Crippen molar-refractivity contribution in [3.8, 4) is 0 Å². The van der Waals surface area contributed by atoms with Gasteiger partial charge in [-0.3, -0.25) is 10.1 Å². The maximum atomic E-state index is 11.3. The van der Waals surface area contributed by atoms with Crippen LogP contribution in [0, 0.1) is 10.1 Å². The highest BCUT2D eigenvalue weighted by atomic mass is 16.6. The van der Waals surface area contributed by atoms with E-state index in [-0.39, 0.29) is 5.69 Å². The highest BCUT2D eigenvalue weighted by Gasteiger charge is 2.12. The molecule has 0 fully saturated rings. The molecule has 5 nitrogen and oxygen atoms in total. The molecular weight excluding hydrogens is 210 g/mol. The number of rotatable bonds is 3. The van der Waals surface area contributed by atoms with Crippen molar-refractivity contribution in [2.24, 2.45) is 0 Å². The molecule has 0 saturated carbocycles. The Labute approximate surface area is 92.5 Å². The Morgan fingerprint density at radius 2 is 1.94 bits per heavy atom. The molecule has 1 aromatic rings. The van der Waals surface area contributed by atoms with E-state index in [0.29, 0.717) is 11.1 Å². The van der Waals surface area contributed by atoms with Gasteiger partial charge in [0, 0.05) is 12.1 Å². The number of hydrogen-bond donors (Lipinski definition) is 0. The van der Waals surface area contributed by atoms with Gasteiger partial charge in [-0.25, -0.2) is 4.79 Å². The van der Waals surface area contributed by atoms with Crippen molar-refractivity contribution in [3.63, 3.8) is 0 Å². The zero-order valence-electron chi connectivity index (χ0n) is 8.97. The molecule has 0 heterocycles. The van der Waals surface area contributed by atoms with Crippen LogP contribution >= 0.6 is 0 Å². The molecule has 0 aliphatic rings. The first-order chi connectivity index (χ1) is 7.60. The summed E-state index contributed by atoms with van der Waals surface area (Å²) in [6.07, 6.45) is 1.60. The molecule has 0 saturated heterocycles. The number of non-ortho nitro benzene ring substituents is 1. The number of ether oxygens (including phenoxy) is 1. The minimum Gasteiger partial charge on any atom is -0.465 e. The van der Waals surface area contributed by atoms with Crippen LogP contribution in [0.25, 0.3) is 5.57 Å². The van der Waals surface area contributed by atoms with E-state index in [1.807, 2.05) is 0 Å². The number of methoxy groups -OCH3 is 1. The van der Waals surface area contributed by atoms with Crippen molar-refractivity contribution in [2.45, 2.75) is 6.92 Å². The molecular formula is C11H11NO4. The number of carbonyl (C=O) groups excluding carboxylic acids is 1. The van der Waals surface area contributed by atoms with Crippen LogP contribution in [0.2, 0.25) is 0 Å². The summed E-state index contributed by atoms with van der Waals surface area (Å²) in [5.41, 5.74) is 0.974. The Bertz CT molecular complexity index is 434. The van der Waals surface area contributed by atoms with E-state index in [2.05, 4.69) is 4.74 Å². The standard InChI is InChI=1S/C11H11NO4/c1-3-10(11(13)16-2)8-4-6-9(7-5-8)12(14)15/h3-7H,1-2H3/b10-3+. The van der Waals surface area contributed by atoms with Gasteiger partial charge in [0.1, 0.15) is 0 Å². The van der Waals surface area contributed by atoms with Gasteiger partial charge < -0.3 is 4.74 Å². The van der Waals surface area contributed by atoms with Crippen LogP contribution in [-0.4, -0.2) is 18.0 Å². The Kier molecular flexibility index (Phi) is 3.77. The molecule has 1 aromatic carbocycles. The molecule has 0 aliphatic carbocycles. The van der Waals surface area contributed by atoms with E-state index in [0.717, 1.165) is 0 Å². The van der Waals surface area contributed by atoms with E-state index in [4.69, 9.17) is 0 Å². The van der Waals surface area contributed by atoms with Gasteiger partial charge in [-0.2, -0.15) is 0 Å². The number of hydrogen-bond acceptors (Lipinski definition) is 4. The number of benzene rings is 1. The maximum absolute atomic E-state index is 11.3. The lowest BCUT2D eigenvalue weighted by molar-refractivity contribution is -0.384. The summed E-state index contributed by atoms with van der Waals surface area (Å²) in [7, 11) is 1.29. The second-order valence-electron chi connectivity index (χ2n) is 3.00. The Balaban J connectivity index is 3.05. The van der Waals surface area contributed by atoms with Gasteiger partial charge in [-0.15, -0.1) is 0 Å². The third-order valence-electron chi connectivity index (χ3n) is 2.08. The predicted molar refractivity (Wildman–Crippen MR) is 58.8 cm³/mol. The molecule has 0 aromatic heterocycles. The molecule has 0 atom stereocenters. The molecule has 84 valence electrons. The van der Waals surface area contributed by atoms with Crippen molar-refractivity contribution in [1.29, 1.82) is 0 Å². The first-order valence-electron chi connectivity index (χ1n) is 4.59. The maximum Gasteiger partial charge on any atom is 0.338 e. The molecule has 5 heteroatoms. The van der Waals surface area contributed by atoms with Crippen LogP contribution in [0.15, 0.2) is 30.3 Å². The fourth-order valence-electron chi connectivity index (χ4n) is 1.28. The molecule has 1 rings (SSSR count). The Hall–Kier alpha value is -2.17. The largest absolute Gasteiger partial charge is 0.465 e. The number of allylic oxidation sites excluding steroid dienone is 1. The summed E-state index contributed by atoms with van der Waals surface area (Å²) in [6, 6.07) is 5.73. The van der Waals surface area contributed by atoms with Crippen LogP contribution in [0.3, 0.4) is 0 Å². The average Bonchev–Trinajstić information content (AvgIpc) is 2.30. The SMILES string of the molecule is C/C=C(/C(=O)OC)c1ccc([N+](=O)[O-])cc1. The van der Waals surface area contributed by atoms with Crippen molar-refractivity contribution in [2.75, 3.05) is 7.11 Å². The molecule has 0 amide bonds. The predicted octanol–water partition coefficient (Wildman–Crippen LogP) is 2.17. The Morgan fingerprint density at radius 3 is 2.31 bits per heavy atom. The normalized spacial score (nSPS) is 11.0. The van der Waals surface area contributed by atoms with E-state index in [9.17, 15) is 14.9 Å². The highest BCUT2D eigenvalue weighted by molar-refractivity contribution is 6.16. The second kappa shape index (κ2) is 5.06. The first kappa shape index (κ1) is 11.9. The lowest BCUT2D eigenvalue weighted by atomic mass is 10.1. The average molecular weight is 221 g/mol. The summed E-state index contributed by atoms with van der Waals surface area (Å²) < 4.78 is 4.59. The van der Waals surface area contributed by atoms with Crippen molar-refractivity contribution >= 4 is 17.2 Å². The fourth-order valence-corrected chi connectivity index (χ4v) is 1.28. The Morgan fingerprint density at radius 1 is 1.38 bits per heavy atom. The number of nitrogens with zero attached hydrogens (tertiary/aromatic N) is 1. The van der Waals surface area contributed by atoms with Crippen molar-refractivity contribution in [3.05, 3.63) is 46.0 Å². The zero-order valence-corrected chi connectivity index (χ0v) is 8.97. The molecule has 0 N–H and O–H groups in total. The zero-order chi connectivity index (χ0) is 12.1. The van der Waals surface area contributed by atoms with Crippen LogP contribution in [0.5, 0.6) is 0 Å². The first-order valence-corrected chi connectivity index (χ1v) is 4.59. The summed E-state index contributed by atoms with van der Waals surface area (Å²) >= 11 is 0. The quantitative estimate of drug-likeness (QED) is 0.339. The van der Waals surface area contributed by atoms with Crippen LogP contribution in [0.1, 0.15) is 12.5 Å². The van der Waals surface area contributed by atoms with Gasteiger partial charge in [-0.1, -0.05) is 6.08 Å². The molecule has 0 radical (unpaired) electrons. The molecule has 16 heavy (non-hydrogen) atoms. The topological polar surface area (TPSA) is 69.4 Å². The fraction of sp³-hybridized carbons (Fsp3) is 0.182. The minimum atomic E-state index is -0.489. The third kappa shape index (κ3) is 2.44. The van der Waals surface area contributed by atoms with Gasteiger partial charge >= 0.3 is 5.97 Å². The van der Waals surface area contributed by atoms with Crippen LogP contribution in [0.4, 0.5) is 5.69 Å². The molecule has 0 unspecified atom stereocenters. The minimum absolute atomic E-state index is 0.0101. The van der Waals surface area contributed by atoms with E-state index in [1.165, 1.54) is 31.4 Å². The third-order valence-corrected chi connectivity index (χ3v) is 2.08. The van der Waals surface area contributed by atoms with Crippen molar-refractivity contribution < 1.29 is 14.5 Å². The molecule has 0 bridgehead atoms. The number of esters is 1. The van der Waals surface area contributed by atoms with E-state index < -0.39 is 10.9 Å². The van der Waals surface area contributed by atoms with Gasteiger partial charge in [-0.05, 0) is 24.6 Å². The summed E-state index contributed by atoms with van der Waals surface area (Å²) in [5, 5.41) is 10.4. The van der Waals surface area contributed by atoms with Gasteiger partial charge in [0.2, 0.25) is 0 Å². The van der Waals surface area contributed by atoms with Crippen LogP contribution < -0.4 is 0 Å². The van der Waals surface area contributed by atoms with E-state index in [1.54, 1.807) is 13.0 Å². The van der Waals surface area contributed by atoms with Crippen molar-refractivity contribution in [1.82, 2.24) is 0 Å². The van der Waals surface area contributed by atoms with Gasteiger partial charge in [0.15, 0.2) is 0 Å². The van der Waals surface area contributed by atoms with Crippen LogP contribution in [-0.2, 0) is 9.53 Å². The smallest absolute Gasteiger partial charge is 0.338 e. The lowest BCUT2D eigenvalue weighted by Crippen LogP contribution is -2.03. The number of carbonyl (C=O) groups is 1.